The molecule has 0 aliphatic heterocycles. The van der Waals surface area contributed by atoms with Crippen molar-refractivity contribution in [3.05, 3.63) is 41.8 Å². The van der Waals surface area contributed by atoms with Crippen LogP contribution in [0.1, 0.15) is 45.6 Å². The van der Waals surface area contributed by atoms with E-state index in [0.717, 1.165) is 27.7 Å². The highest BCUT2D eigenvalue weighted by Gasteiger charge is 2.43. The summed E-state index contributed by atoms with van der Waals surface area (Å²) in [7, 11) is 1.61. The summed E-state index contributed by atoms with van der Waals surface area (Å²) >= 11 is 3.16. The van der Waals surface area contributed by atoms with Gasteiger partial charge in [-0.15, -0.1) is 21.5 Å². The molecule has 2 heterocycles. The fourth-order valence-corrected chi connectivity index (χ4v) is 7.21. The first-order valence-corrected chi connectivity index (χ1v) is 13.4. The van der Waals surface area contributed by atoms with Gasteiger partial charge < -0.3 is 10.1 Å². The minimum absolute atomic E-state index is 0.0794. The second-order valence-electron chi connectivity index (χ2n) is 9.18. The van der Waals surface area contributed by atoms with Gasteiger partial charge in [0.15, 0.2) is 11.0 Å². The Balaban J connectivity index is 1.39. The number of methoxy groups -OCH3 is 1. The Morgan fingerprint density at radius 1 is 1.18 bits per heavy atom. The normalized spacial score (nSPS) is 23.4. The predicted octanol–water partition coefficient (Wildman–Crippen LogP) is 6.13. The molecule has 8 heteroatoms. The van der Waals surface area contributed by atoms with Gasteiger partial charge >= 0.3 is 0 Å². The molecule has 3 aromatic rings. The minimum atomic E-state index is -0.332. The second kappa shape index (κ2) is 9.50. The zero-order chi connectivity index (χ0) is 22.9. The third kappa shape index (κ3) is 4.43. The van der Waals surface area contributed by atoms with Crippen molar-refractivity contribution in [2.24, 2.45) is 17.8 Å². The van der Waals surface area contributed by atoms with Gasteiger partial charge in [-0.3, -0.25) is 9.36 Å². The number of para-hydroxylation sites is 2. The van der Waals surface area contributed by atoms with Crippen LogP contribution in [0.25, 0.3) is 10.7 Å². The fourth-order valence-electron chi connectivity index (χ4n) is 5.57. The Morgan fingerprint density at radius 3 is 2.73 bits per heavy atom. The maximum absolute atomic E-state index is 13.0. The second-order valence-corrected chi connectivity index (χ2v) is 11.4. The molecular weight excluding hydrogens is 452 g/mol. The summed E-state index contributed by atoms with van der Waals surface area (Å²) in [5.74, 6) is 3.81. The van der Waals surface area contributed by atoms with Gasteiger partial charge in [-0.25, -0.2) is 0 Å². The van der Waals surface area contributed by atoms with Crippen molar-refractivity contribution in [1.82, 2.24) is 14.8 Å². The van der Waals surface area contributed by atoms with E-state index in [-0.39, 0.29) is 11.2 Å². The lowest BCUT2D eigenvalue weighted by molar-refractivity contribution is -0.115. The first-order chi connectivity index (χ1) is 16.0. The van der Waals surface area contributed by atoms with Crippen LogP contribution in [0.15, 0.2) is 46.9 Å². The average molecular weight is 483 g/mol. The maximum Gasteiger partial charge on any atom is 0.237 e. The fraction of sp³-hybridized carbons (Fsp3) is 0.480. The predicted molar refractivity (Wildman–Crippen MR) is 134 cm³/mol. The molecule has 0 saturated heterocycles. The van der Waals surface area contributed by atoms with E-state index in [0.29, 0.717) is 23.4 Å². The Kier molecular flexibility index (Phi) is 6.47. The lowest BCUT2D eigenvalue weighted by atomic mass is 9.84. The molecule has 2 aromatic heterocycles. The highest BCUT2D eigenvalue weighted by Crippen LogP contribution is 2.53. The Bertz CT molecular complexity index is 1110. The highest BCUT2D eigenvalue weighted by atomic mass is 32.2. The molecule has 2 aliphatic rings. The van der Waals surface area contributed by atoms with Gasteiger partial charge in [-0.1, -0.05) is 36.4 Å². The molecule has 33 heavy (non-hydrogen) atoms. The van der Waals surface area contributed by atoms with Gasteiger partial charge in [0.25, 0.3) is 0 Å². The van der Waals surface area contributed by atoms with E-state index in [1.54, 1.807) is 18.4 Å². The number of carbonyl (C=O) groups excluding carboxylic acids is 1. The molecule has 2 saturated carbocycles. The molecule has 1 aromatic carbocycles. The summed E-state index contributed by atoms with van der Waals surface area (Å²) < 4.78 is 7.67. The summed E-state index contributed by atoms with van der Waals surface area (Å²) in [6.07, 6.45) is 5.39. The molecule has 5 unspecified atom stereocenters. The quantitative estimate of drug-likeness (QED) is 0.391. The van der Waals surface area contributed by atoms with Gasteiger partial charge in [-0.2, -0.15) is 0 Å². The number of thioether (sulfide) groups is 1. The van der Waals surface area contributed by atoms with Crippen LogP contribution in [0.5, 0.6) is 5.75 Å². The van der Waals surface area contributed by atoms with E-state index >= 15 is 0 Å². The van der Waals surface area contributed by atoms with Crippen LogP contribution in [-0.4, -0.2) is 33.0 Å². The van der Waals surface area contributed by atoms with E-state index in [1.807, 2.05) is 31.2 Å². The van der Waals surface area contributed by atoms with Crippen LogP contribution in [0, 0.1) is 17.8 Å². The molecule has 0 radical (unpaired) electrons. The first kappa shape index (κ1) is 22.5. The molecular formula is C25H30N4O2S2. The number of hydrogen-bond donors (Lipinski definition) is 1. The lowest BCUT2D eigenvalue weighted by Gasteiger charge is -2.30. The van der Waals surface area contributed by atoms with Crippen LogP contribution >= 0.6 is 23.1 Å². The number of amides is 1. The number of ether oxygens (including phenoxy) is 1. The SMILES string of the molecule is COc1ccccc1NC(=O)C(C)Sc1nnc(-c2cccs2)n1C(C)C1CC2CCC1C2. The number of anilines is 1. The largest absolute Gasteiger partial charge is 0.495 e. The maximum atomic E-state index is 13.0. The molecule has 2 aliphatic carbocycles. The van der Waals surface area contributed by atoms with Crippen LogP contribution < -0.4 is 10.1 Å². The average Bonchev–Trinajstić information content (AvgIpc) is 3.63. The van der Waals surface area contributed by atoms with E-state index in [1.165, 1.54) is 37.4 Å². The number of nitrogens with zero attached hydrogens (tertiary/aromatic N) is 3. The van der Waals surface area contributed by atoms with Crippen molar-refractivity contribution in [3.8, 4) is 16.5 Å². The van der Waals surface area contributed by atoms with Crippen molar-refractivity contribution in [2.45, 2.75) is 56.0 Å². The molecule has 2 bridgehead atoms. The first-order valence-electron chi connectivity index (χ1n) is 11.6. The molecule has 5 atom stereocenters. The number of nitrogens with one attached hydrogen (secondary N) is 1. The van der Waals surface area contributed by atoms with Gasteiger partial charge in [0.2, 0.25) is 5.91 Å². The third-order valence-electron chi connectivity index (χ3n) is 7.24. The zero-order valence-electron chi connectivity index (χ0n) is 19.2. The molecule has 1 amide bonds. The van der Waals surface area contributed by atoms with Crippen LogP contribution in [0.2, 0.25) is 0 Å². The van der Waals surface area contributed by atoms with E-state index < -0.39 is 0 Å². The van der Waals surface area contributed by atoms with Crippen molar-refractivity contribution >= 4 is 34.7 Å². The van der Waals surface area contributed by atoms with Crippen LogP contribution in [-0.2, 0) is 4.79 Å². The topological polar surface area (TPSA) is 69.0 Å². The van der Waals surface area contributed by atoms with Crippen LogP contribution in [0.4, 0.5) is 5.69 Å². The Hall–Kier alpha value is -2.32. The number of aromatic nitrogens is 3. The number of rotatable bonds is 8. The van der Waals surface area contributed by atoms with Crippen molar-refractivity contribution in [2.75, 3.05) is 12.4 Å². The zero-order valence-corrected chi connectivity index (χ0v) is 20.9. The van der Waals surface area contributed by atoms with Crippen molar-refractivity contribution in [3.63, 3.8) is 0 Å². The number of thiophene rings is 1. The van der Waals surface area contributed by atoms with E-state index in [9.17, 15) is 4.79 Å². The smallest absolute Gasteiger partial charge is 0.237 e. The molecule has 5 rings (SSSR count). The minimum Gasteiger partial charge on any atom is -0.495 e. The summed E-state index contributed by atoms with van der Waals surface area (Å²) in [6.45, 7) is 4.23. The van der Waals surface area contributed by atoms with Gasteiger partial charge in [0.05, 0.1) is 22.9 Å². The third-order valence-corrected chi connectivity index (χ3v) is 9.16. The summed E-state index contributed by atoms with van der Waals surface area (Å²) in [5, 5.41) is 14.7. The molecule has 6 nitrogen and oxygen atoms in total. The van der Waals surface area contributed by atoms with Gasteiger partial charge in [-0.05, 0) is 74.4 Å². The Morgan fingerprint density at radius 2 is 2.03 bits per heavy atom. The number of benzene rings is 1. The van der Waals surface area contributed by atoms with Crippen LogP contribution in [0.3, 0.4) is 0 Å². The van der Waals surface area contributed by atoms with E-state index in [2.05, 4.69) is 44.5 Å². The summed E-state index contributed by atoms with van der Waals surface area (Å²) in [5.41, 5.74) is 0.675. The van der Waals surface area contributed by atoms with Crippen molar-refractivity contribution in [1.29, 1.82) is 0 Å². The highest BCUT2D eigenvalue weighted by molar-refractivity contribution is 8.00. The summed E-state index contributed by atoms with van der Waals surface area (Å²) in [4.78, 5) is 14.1. The molecule has 2 fully saturated rings. The number of hydrogen-bond acceptors (Lipinski definition) is 6. The standard InChI is InChI=1S/C25H30N4O2S2/c1-15(19-14-17-10-11-18(19)13-17)29-23(22-9-6-12-32-22)27-28-25(29)33-16(2)24(30)26-20-7-4-5-8-21(20)31-3/h4-9,12,15-19H,10-11,13-14H2,1-3H3,(H,26,30). The Labute approximate surface area is 203 Å². The number of carbonyl (C=O) groups is 1. The molecule has 1 N–H and O–H groups in total. The van der Waals surface area contributed by atoms with Crippen molar-refractivity contribution < 1.29 is 9.53 Å². The monoisotopic (exact) mass is 482 g/mol. The van der Waals surface area contributed by atoms with E-state index in [4.69, 9.17) is 4.74 Å². The van der Waals surface area contributed by atoms with Gasteiger partial charge in [0, 0.05) is 6.04 Å². The molecule has 0 spiro atoms. The number of fused-ring (bicyclic) bond motifs is 2. The summed E-state index contributed by atoms with van der Waals surface area (Å²) in [6, 6.07) is 11.9. The van der Waals surface area contributed by atoms with Gasteiger partial charge in [0.1, 0.15) is 5.75 Å². The molecule has 174 valence electrons. The lowest BCUT2D eigenvalue weighted by Crippen LogP contribution is -2.25.